The fourth-order valence-corrected chi connectivity index (χ4v) is 2.12. The van der Waals surface area contributed by atoms with Crippen molar-refractivity contribution in [2.45, 2.75) is 39.2 Å². The summed E-state index contributed by atoms with van der Waals surface area (Å²) in [4.78, 5) is 0. The summed E-state index contributed by atoms with van der Waals surface area (Å²) >= 11 is 0. The molecule has 0 amide bonds. The summed E-state index contributed by atoms with van der Waals surface area (Å²) in [6, 6.07) is 6.85. The minimum Gasteiger partial charge on any atom is -0.397 e. The normalized spacial score (nSPS) is 23.9. The van der Waals surface area contributed by atoms with E-state index in [4.69, 9.17) is 5.73 Å². The second-order valence-electron chi connectivity index (χ2n) is 4.57. The van der Waals surface area contributed by atoms with Crippen molar-refractivity contribution in [3.8, 4) is 0 Å². The van der Waals surface area contributed by atoms with Gasteiger partial charge >= 0.3 is 0 Å². The predicted octanol–water partition coefficient (Wildman–Crippen LogP) is 3.18. The first-order valence-electron chi connectivity index (χ1n) is 5.84. The van der Waals surface area contributed by atoms with Crippen LogP contribution in [0, 0.1) is 12.8 Å². The molecule has 0 radical (unpaired) electrons. The van der Waals surface area contributed by atoms with Crippen LogP contribution in [-0.4, -0.2) is 6.04 Å². The highest BCUT2D eigenvalue weighted by atomic mass is 15.0. The Kier molecular flexibility index (Phi) is 2.85. The van der Waals surface area contributed by atoms with Gasteiger partial charge in [0.1, 0.15) is 0 Å². The lowest BCUT2D eigenvalue weighted by atomic mass is 10.1. The van der Waals surface area contributed by atoms with Gasteiger partial charge in [-0.3, -0.25) is 0 Å². The molecule has 0 saturated heterocycles. The third-order valence-corrected chi connectivity index (χ3v) is 3.25. The molecule has 1 aromatic rings. The van der Waals surface area contributed by atoms with E-state index in [1.54, 1.807) is 0 Å². The molecule has 1 aliphatic carbocycles. The lowest BCUT2D eigenvalue weighted by molar-refractivity contribution is 0.693. The van der Waals surface area contributed by atoms with E-state index in [-0.39, 0.29) is 0 Å². The summed E-state index contributed by atoms with van der Waals surface area (Å²) in [5, 5.41) is 3.53. The molecule has 2 unspecified atom stereocenters. The second-order valence-corrected chi connectivity index (χ2v) is 4.57. The lowest BCUT2D eigenvalue weighted by Gasteiger charge is -2.10. The molecule has 1 aromatic carbocycles. The monoisotopic (exact) mass is 204 g/mol. The standard InChI is InChI=1S/C13H20N2/c1-3-5-10-8-12(10)15-11-7-4-6-9(2)13(11)14/h4,6-7,10,12,15H,3,5,8,14H2,1-2H3. The zero-order valence-electron chi connectivity index (χ0n) is 9.59. The molecule has 2 heteroatoms. The molecule has 1 fully saturated rings. The van der Waals surface area contributed by atoms with Crippen LogP contribution in [0.25, 0.3) is 0 Å². The van der Waals surface area contributed by atoms with Crippen LogP contribution in [0.5, 0.6) is 0 Å². The fourth-order valence-electron chi connectivity index (χ4n) is 2.12. The van der Waals surface area contributed by atoms with Crippen molar-refractivity contribution in [1.29, 1.82) is 0 Å². The molecule has 3 N–H and O–H groups in total. The highest BCUT2D eigenvalue weighted by Gasteiger charge is 2.36. The van der Waals surface area contributed by atoms with Gasteiger partial charge in [-0.1, -0.05) is 25.5 Å². The van der Waals surface area contributed by atoms with Crippen LogP contribution < -0.4 is 11.1 Å². The number of hydrogen-bond acceptors (Lipinski definition) is 2. The first-order chi connectivity index (χ1) is 7.22. The summed E-state index contributed by atoms with van der Waals surface area (Å²) in [5.41, 5.74) is 9.19. The Morgan fingerprint density at radius 3 is 3.00 bits per heavy atom. The molecule has 0 aliphatic heterocycles. The van der Waals surface area contributed by atoms with E-state index in [2.05, 4.69) is 37.4 Å². The van der Waals surface area contributed by atoms with E-state index < -0.39 is 0 Å². The summed E-state index contributed by atoms with van der Waals surface area (Å²) in [7, 11) is 0. The Bertz CT molecular complexity index is 346. The average Bonchev–Trinajstić information content (AvgIpc) is 2.93. The lowest BCUT2D eigenvalue weighted by Crippen LogP contribution is -2.07. The van der Waals surface area contributed by atoms with Crippen molar-refractivity contribution in [1.82, 2.24) is 0 Å². The maximum Gasteiger partial charge on any atom is 0.0579 e. The minimum atomic E-state index is 0.661. The van der Waals surface area contributed by atoms with E-state index in [0.717, 1.165) is 22.9 Å². The Hall–Kier alpha value is -1.18. The maximum atomic E-state index is 6.02. The Balaban J connectivity index is 1.98. The van der Waals surface area contributed by atoms with Crippen LogP contribution >= 0.6 is 0 Å². The Morgan fingerprint density at radius 1 is 1.47 bits per heavy atom. The van der Waals surface area contributed by atoms with Crippen molar-refractivity contribution in [3.63, 3.8) is 0 Å². The van der Waals surface area contributed by atoms with Crippen LogP contribution in [0.3, 0.4) is 0 Å². The molecule has 2 atom stereocenters. The van der Waals surface area contributed by atoms with Gasteiger partial charge in [-0.15, -0.1) is 0 Å². The van der Waals surface area contributed by atoms with E-state index >= 15 is 0 Å². The minimum absolute atomic E-state index is 0.661. The molecule has 0 aromatic heterocycles. The van der Waals surface area contributed by atoms with Gasteiger partial charge < -0.3 is 11.1 Å². The third kappa shape index (κ3) is 2.25. The number of hydrogen-bond donors (Lipinski definition) is 2. The van der Waals surface area contributed by atoms with Crippen LogP contribution in [-0.2, 0) is 0 Å². The van der Waals surface area contributed by atoms with Crippen molar-refractivity contribution in [2.24, 2.45) is 5.92 Å². The topological polar surface area (TPSA) is 38.0 Å². The SMILES string of the molecule is CCCC1CC1Nc1cccc(C)c1N. The van der Waals surface area contributed by atoms with Gasteiger partial charge in [0.15, 0.2) is 0 Å². The Labute approximate surface area is 91.9 Å². The number of anilines is 2. The van der Waals surface area contributed by atoms with Crippen LogP contribution in [0.1, 0.15) is 31.7 Å². The molecule has 0 heterocycles. The molecular weight excluding hydrogens is 184 g/mol. The summed E-state index contributed by atoms with van der Waals surface area (Å²) in [5.74, 6) is 0.870. The molecule has 0 spiro atoms. The van der Waals surface area contributed by atoms with Gasteiger partial charge in [0.05, 0.1) is 11.4 Å². The average molecular weight is 204 g/mol. The first kappa shape index (κ1) is 10.3. The van der Waals surface area contributed by atoms with E-state index in [9.17, 15) is 0 Å². The zero-order valence-corrected chi connectivity index (χ0v) is 9.59. The van der Waals surface area contributed by atoms with Crippen molar-refractivity contribution >= 4 is 11.4 Å². The van der Waals surface area contributed by atoms with Gasteiger partial charge in [0.25, 0.3) is 0 Å². The van der Waals surface area contributed by atoms with Crippen molar-refractivity contribution in [2.75, 3.05) is 11.1 Å². The second kappa shape index (κ2) is 4.13. The maximum absolute atomic E-state index is 6.02. The van der Waals surface area contributed by atoms with E-state index in [1.165, 1.54) is 19.3 Å². The molecule has 0 bridgehead atoms. The summed E-state index contributed by atoms with van der Waals surface area (Å²) < 4.78 is 0. The number of benzene rings is 1. The molecule has 2 rings (SSSR count). The van der Waals surface area contributed by atoms with Gasteiger partial charge in [-0.2, -0.15) is 0 Å². The number of nitrogens with two attached hydrogens (primary N) is 1. The number of aryl methyl sites for hydroxylation is 1. The molecule has 1 aliphatic rings. The Morgan fingerprint density at radius 2 is 2.27 bits per heavy atom. The number of nitrogen functional groups attached to an aromatic ring is 1. The van der Waals surface area contributed by atoms with Crippen LogP contribution in [0.2, 0.25) is 0 Å². The van der Waals surface area contributed by atoms with E-state index in [0.29, 0.717) is 6.04 Å². The summed E-state index contributed by atoms with van der Waals surface area (Å²) in [6.07, 6.45) is 3.93. The smallest absolute Gasteiger partial charge is 0.0579 e. The fraction of sp³-hybridized carbons (Fsp3) is 0.538. The highest BCUT2D eigenvalue weighted by molar-refractivity contribution is 5.70. The number of para-hydroxylation sites is 1. The van der Waals surface area contributed by atoms with Gasteiger partial charge in [0, 0.05) is 6.04 Å². The van der Waals surface area contributed by atoms with E-state index in [1.807, 2.05) is 0 Å². The molecular formula is C13H20N2. The zero-order chi connectivity index (χ0) is 10.8. The van der Waals surface area contributed by atoms with Gasteiger partial charge in [0.2, 0.25) is 0 Å². The van der Waals surface area contributed by atoms with Crippen molar-refractivity contribution < 1.29 is 0 Å². The predicted molar refractivity (Wildman–Crippen MR) is 66.0 cm³/mol. The third-order valence-electron chi connectivity index (χ3n) is 3.25. The number of rotatable bonds is 4. The summed E-state index contributed by atoms with van der Waals surface area (Å²) in [6.45, 7) is 4.30. The molecule has 1 saturated carbocycles. The highest BCUT2D eigenvalue weighted by Crippen LogP contribution is 2.38. The van der Waals surface area contributed by atoms with Crippen molar-refractivity contribution in [3.05, 3.63) is 23.8 Å². The molecule has 82 valence electrons. The van der Waals surface area contributed by atoms with Gasteiger partial charge in [-0.05, 0) is 37.3 Å². The quantitative estimate of drug-likeness (QED) is 0.739. The molecule has 2 nitrogen and oxygen atoms in total. The molecule has 15 heavy (non-hydrogen) atoms. The first-order valence-corrected chi connectivity index (χ1v) is 5.84. The van der Waals surface area contributed by atoms with Crippen LogP contribution in [0.4, 0.5) is 11.4 Å². The largest absolute Gasteiger partial charge is 0.397 e. The van der Waals surface area contributed by atoms with Gasteiger partial charge in [-0.25, -0.2) is 0 Å². The number of nitrogens with one attached hydrogen (secondary N) is 1. The van der Waals surface area contributed by atoms with Crippen LogP contribution in [0.15, 0.2) is 18.2 Å².